The van der Waals surface area contributed by atoms with Gasteiger partial charge in [0, 0.05) is 23.3 Å². The van der Waals surface area contributed by atoms with Crippen molar-refractivity contribution in [3.63, 3.8) is 0 Å². The van der Waals surface area contributed by atoms with Gasteiger partial charge in [-0.3, -0.25) is 25.0 Å². The molecule has 0 aliphatic rings. The highest BCUT2D eigenvalue weighted by Crippen LogP contribution is 2.36. The molecule has 0 fully saturated rings. The molecule has 0 N–H and O–H groups in total. The molecule has 0 aliphatic carbocycles. The topological polar surface area (TPSA) is 122 Å². The summed E-state index contributed by atoms with van der Waals surface area (Å²) in [4.78, 5) is 34.8. The van der Waals surface area contributed by atoms with Gasteiger partial charge >= 0.3 is 11.4 Å². The molecule has 4 rings (SSSR count). The predicted octanol–water partition coefficient (Wildman–Crippen LogP) is 6.36. The summed E-state index contributed by atoms with van der Waals surface area (Å²) in [7, 11) is 2.80. The van der Waals surface area contributed by atoms with Crippen LogP contribution in [0.15, 0.2) is 72.8 Å². The second kappa shape index (κ2) is 10.4. The van der Waals surface area contributed by atoms with Gasteiger partial charge in [0.25, 0.3) is 0 Å². The Balaban J connectivity index is 1.93. The van der Waals surface area contributed by atoms with Crippen LogP contribution in [0.2, 0.25) is 0 Å². The lowest BCUT2D eigenvalue weighted by Gasteiger charge is -2.15. The number of nitro groups is 2. The highest BCUT2D eigenvalue weighted by atomic mass is 19.1. The summed E-state index contributed by atoms with van der Waals surface area (Å²) >= 11 is 0. The van der Waals surface area contributed by atoms with E-state index in [0.717, 1.165) is 24.3 Å². The lowest BCUT2D eigenvalue weighted by Crippen LogP contribution is -2.07. The van der Waals surface area contributed by atoms with Crippen molar-refractivity contribution in [3.05, 3.63) is 116 Å². The molecule has 38 heavy (non-hydrogen) atoms. The van der Waals surface area contributed by atoms with Gasteiger partial charge < -0.3 is 9.47 Å². The van der Waals surface area contributed by atoms with Gasteiger partial charge in [0.05, 0.1) is 24.1 Å². The van der Waals surface area contributed by atoms with Gasteiger partial charge in [0.1, 0.15) is 11.5 Å². The Hall–Kier alpha value is -5.19. The second-order valence-electron chi connectivity index (χ2n) is 8.00. The van der Waals surface area contributed by atoms with E-state index < -0.39 is 38.6 Å². The molecule has 0 heterocycles. The molecule has 4 aromatic rings. The predicted molar refractivity (Wildman–Crippen MR) is 134 cm³/mol. The van der Waals surface area contributed by atoms with Crippen molar-refractivity contribution in [2.24, 2.45) is 0 Å². The van der Waals surface area contributed by atoms with Crippen molar-refractivity contribution < 1.29 is 32.9 Å². The SMILES string of the molecule is COc1ccc(C(=O)c2ccc(OC)cc2-c2ccc(F)c([N+](=O)[O-])c2)c(-c2ccc(F)c([N+](=O)[O-])c2)c1. The minimum absolute atomic E-state index is 0.0923. The summed E-state index contributed by atoms with van der Waals surface area (Å²) in [6.45, 7) is 0. The Morgan fingerprint density at radius 1 is 0.658 bits per heavy atom. The fourth-order valence-corrected chi connectivity index (χ4v) is 3.96. The Labute approximate surface area is 214 Å². The van der Waals surface area contributed by atoms with E-state index in [0.29, 0.717) is 11.5 Å². The van der Waals surface area contributed by atoms with E-state index in [-0.39, 0.29) is 33.4 Å². The minimum Gasteiger partial charge on any atom is -0.497 e. The Kier molecular flexibility index (Phi) is 7.10. The highest BCUT2D eigenvalue weighted by Gasteiger charge is 2.24. The van der Waals surface area contributed by atoms with Gasteiger partial charge in [-0.05, 0) is 70.8 Å². The molecular formula is C27H18F2N2O7. The number of nitrogens with zero attached hydrogens (tertiary/aromatic N) is 2. The van der Waals surface area contributed by atoms with Crippen molar-refractivity contribution in [1.82, 2.24) is 0 Å². The molecule has 4 aromatic carbocycles. The number of nitro benzene ring substituents is 2. The van der Waals surface area contributed by atoms with Crippen LogP contribution in [0.1, 0.15) is 15.9 Å². The summed E-state index contributed by atoms with van der Waals surface area (Å²) in [6.07, 6.45) is 0. The Bertz CT molecular complexity index is 1490. The molecule has 0 saturated carbocycles. The summed E-state index contributed by atoms with van der Waals surface area (Å²) in [6, 6.07) is 15.4. The van der Waals surface area contributed by atoms with Crippen molar-refractivity contribution >= 4 is 17.2 Å². The summed E-state index contributed by atoms with van der Waals surface area (Å²) < 4.78 is 38.5. The number of rotatable bonds is 8. The van der Waals surface area contributed by atoms with Crippen LogP contribution in [0.25, 0.3) is 22.3 Å². The molecule has 11 heteroatoms. The number of hydrogen-bond acceptors (Lipinski definition) is 7. The van der Waals surface area contributed by atoms with Crippen LogP contribution in [-0.4, -0.2) is 29.8 Å². The zero-order valence-electron chi connectivity index (χ0n) is 19.9. The number of ketones is 1. The average Bonchev–Trinajstić information content (AvgIpc) is 2.92. The van der Waals surface area contributed by atoms with E-state index in [4.69, 9.17) is 9.47 Å². The Morgan fingerprint density at radius 2 is 1.05 bits per heavy atom. The molecule has 9 nitrogen and oxygen atoms in total. The van der Waals surface area contributed by atoms with Crippen LogP contribution < -0.4 is 9.47 Å². The first-order valence-electron chi connectivity index (χ1n) is 10.9. The van der Waals surface area contributed by atoms with E-state index in [2.05, 4.69) is 0 Å². The summed E-state index contributed by atoms with van der Waals surface area (Å²) in [5.74, 6) is -1.95. The maximum atomic E-state index is 14.0. The zero-order chi connectivity index (χ0) is 27.6. The van der Waals surface area contributed by atoms with Crippen molar-refractivity contribution in [1.29, 1.82) is 0 Å². The van der Waals surface area contributed by atoms with Crippen molar-refractivity contribution in [3.8, 4) is 33.8 Å². The van der Waals surface area contributed by atoms with Crippen LogP contribution in [0.5, 0.6) is 11.5 Å². The first-order valence-corrected chi connectivity index (χ1v) is 10.9. The van der Waals surface area contributed by atoms with Crippen LogP contribution in [0.4, 0.5) is 20.2 Å². The molecule has 0 spiro atoms. The number of halogens is 2. The van der Waals surface area contributed by atoms with Gasteiger partial charge in [-0.2, -0.15) is 8.78 Å². The standard InChI is InChI=1S/C27H18F2N2O7/c1-37-17-5-7-19(21(13-17)15-3-9-23(28)25(11-15)30(33)34)27(32)20-8-6-18(38-2)14-22(20)16-4-10-24(29)26(12-16)31(35)36/h3-14H,1-2H3. The fraction of sp³-hybridized carbons (Fsp3) is 0.0741. The van der Waals surface area contributed by atoms with E-state index in [1.807, 2.05) is 0 Å². The van der Waals surface area contributed by atoms with Crippen LogP contribution in [-0.2, 0) is 0 Å². The van der Waals surface area contributed by atoms with Crippen molar-refractivity contribution in [2.75, 3.05) is 14.2 Å². The number of benzene rings is 4. The van der Waals surface area contributed by atoms with Gasteiger partial charge in [0.15, 0.2) is 5.78 Å². The van der Waals surface area contributed by atoms with Crippen LogP contribution >= 0.6 is 0 Å². The first kappa shape index (κ1) is 25.9. The molecule has 0 radical (unpaired) electrons. The largest absolute Gasteiger partial charge is 0.497 e. The normalized spacial score (nSPS) is 10.6. The quantitative estimate of drug-likeness (QED) is 0.150. The van der Waals surface area contributed by atoms with E-state index in [1.165, 1.54) is 62.8 Å². The third-order valence-electron chi connectivity index (χ3n) is 5.85. The van der Waals surface area contributed by atoms with Gasteiger partial charge in [-0.1, -0.05) is 12.1 Å². The molecule has 192 valence electrons. The number of carbonyl (C=O) groups is 1. The number of ether oxygens (including phenoxy) is 2. The zero-order valence-corrected chi connectivity index (χ0v) is 19.9. The summed E-state index contributed by atoms with van der Waals surface area (Å²) in [5, 5.41) is 22.6. The maximum Gasteiger partial charge on any atom is 0.305 e. The third kappa shape index (κ3) is 4.89. The minimum atomic E-state index is -1.04. The van der Waals surface area contributed by atoms with Gasteiger partial charge in [-0.15, -0.1) is 0 Å². The lowest BCUT2D eigenvalue weighted by molar-refractivity contribution is -0.387. The molecule has 0 aromatic heterocycles. The molecule has 0 unspecified atom stereocenters. The maximum absolute atomic E-state index is 14.0. The molecule has 0 amide bonds. The van der Waals surface area contributed by atoms with E-state index in [1.54, 1.807) is 0 Å². The first-order chi connectivity index (χ1) is 18.1. The molecule has 0 aliphatic heterocycles. The second-order valence-corrected chi connectivity index (χ2v) is 8.00. The van der Waals surface area contributed by atoms with Crippen LogP contribution in [0.3, 0.4) is 0 Å². The molecule has 0 atom stereocenters. The molecule has 0 saturated heterocycles. The smallest absolute Gasteiger partial charge is 0.305 e. The highest BCUT2D eigenvalue weighted by molar-refractivity contribution is 6.16. The molecular weight excluding hydrogens is 502 g/mol. The van der Waals surface area contributed by atoms with E-state index in [9.17, 15) is 33.8 Å². The number of methoxy groups -OCH3 is 2. The van der Waals surface area contributed by atoms with E-state index >= 15 is 0 Å². The third-order valence-corrected chi connectivity index (χ3v) is 5.85. The number of carbonyl (C=O) groups excluding carboxylic acids is 1. The Morgan fingerprint density at radius 3 is 1.39 bits per heavy atom. The number of hydrogen-bond donors (Lipinski definition) is 0. The van der Waals surface area contributed by atoms with Crippen LogP contribution in [0, 0.1) is 31.9 Å². The fourth-order valence-electron chi connectivity index (χ4n) is 3.96. The summed E-state index contributed by atoms with van der Waals surface area (Å²) in [5.41, 5.74) is -0.529. The lowest BCUT2D eigenvalue weighted by atomic mass is 9.89. The molecule has 0 bridgehead atoms. The van der Waals surface area contributed by atoms with Gasteiger partial charge in [0.2, 0.25) is 11.6 Å². The monoisotopic (exact) mass is 520 g/mol. The average molecular weight is 520 g/mol. The van der Waals surface area contributed by atoms with Gasteiger partial charge in [-0.25, -0.2) is 0 Å². The van der Waals surface area contributed by atoms with Crippen molar-refractivity contribution in [2.45, 2.75) is 0 Å².